The van der Waals surface area contributed by atoms with Gasteiger partial charge in [-0.15, -0.1) is 35.3 Å². The van der Waals surface area contributed by atoms with Crippen LogP contribution in [0.3, 0.4) is 0 Å². The third-order valence-electron chi connectivity index (χ3n) is 4.60. The Bertz CT molecular complexity index is 458. The van der Waals surface area contributed by atoms with Crippen LogP contribution < -0.4 is 10.6 Å². The van der Waals surface area contributed by atoms with E-state index in [2.05, 4.69) is 51.9 Å². The lowest BCUT2D eigenvalue weighted by Crippen LogP contribution is -2.47. The number of thiophene rings is 1. The molecular formula is C18H33IN4S. The van der Waals surface area contributed by atoms with E-state index < -0.39 is 0 Å². The Kier molecular flexibility index (Phi) is 10.9. The number of aliphatic imine (C=N–C) groups is 1. The Morgan fingerprint density at radius 1 is 1.29 bits per heavy atom. The summed E-state index contributed by atoms with van der Waals surface area (Å²) in [6.45, 7) is 9.02. The van der Waals surface area contributed by atoms with E-state index in [-0.39, 0.29) is 24.0 Å². The molecule has 1 aliphatic heterocycles. The third-order valence-corrected chi connectivity index (χ3v) is 5.50. The van der Waals surface area contributed by atoms with E-state index in [0.717, 1.165) is 25.5 Å². The zero-order valence-corrected chi connectivity index (χ0v) is 18.4. The number of guanidine groups is 1. The van der Waals surface area contributed by atoms with Crippen molar-refractivity contribution in [1.29, 1.82) is 0 Å². The highest BCUT2D eigenvalue weighted by molar-refractivity contribution is 14.0. The number of halogens is 1. The summed E-state index contributed by atoms with van der Waals surface area (Å²) in [5.41, 5.74) is 0. The molecule has 2 heterocycles. The molecule has 0 aliphatic carbocycles. The molecule has 0 bridgehead atoms. The van der Waals surface area contributed by atoms with E-state index >= 15 is 0 Å². The summed E-state index contributed by atoms with van der Waals surface area (Å²) in [5.74, 6) is 1.54. The average molecular weight is 464 g/mol. The molecule has 138 valence electrons. The normalized spacial score (nSPS) is 18.0. The molecule has 0 radical (unpaired) electrons. The van der Waals surface area contributed by atoms with E-state index in [1.165, 1.54) is 37.2 Å². The van der Waals surface area contributed by atoms with E-state index in [9.17, 15) is 0 Å². The Balaban J connectivity index is 0.00000288. The van der Waals surface area contributed by atoms with Crippen molar-refractivity contribution in [3.63, 3.8) is 0 Å². The standard InChI is InChI=1S/C18H32N4S.HI/c1-4-16(22-9-5-6-10-22)14-21-18(19-3)20-13-15(2)12-17-8-7-11-23-17;/h7-8,11,15-16H,4-6,9-10,12-14H2,1-3H3,(H2,19,20,21);1H. The molecule has 1 aliphatic rings. The second kappa shape index (κ2) is 12.1. The molecule has 1 aromatic heterocycles. The highest BCUT2D eigenvalue weighted by atomic mass is 127. The molecule has 2 rings (SSSR count). The summed E-state index contributed by atoms with van der Waals surface area (Å²) in [5, 5.41) is 9.14. The quantitative estimate of drug-likeness (QED) is 0.351. The van der Waals surface area contributed by atoms with E-state index in [1.807, 2.05) is 18.4 Å². The number of nitrogens with one attached hydrogen (secondary N) is 2. The summed E-state index contributed by atoms with van der Waals surface area (Å²) in [6.07, 6.45) is 5.03. The molecule has 0 amide bonds. The summed E-state index contributed by atoms with van der Waals surface area (Å²) < 4.78 is 0. The fourth-order valence-electron chi connectivity index (χ4n) is 3.19. The van der Waals surface area contributed by atoms with E-state index in [4.69, 9.17) is 0 Å². The summed E-state index contributed by atoms with van der Waals surface area (Å²) in [6, 6.07) is 4.97. The lowest BCUT2D eigenvalue weighted by Gasteiger charge is -2.27. The van der Waals surface area contributed by atoms with Crippen LogP contribution in [0.1, 0.15) is 38.0 Å². The maximum Gasteiger partial charge on any atom is 0.191 e. The van der Waals surface area contributed by atoms with Crippen molar-refractivity contribution in [3.05, 3.63) is 22.4 Å². The second-order valence-electron chi connectivity index (χ2n) is 6.53. The van der Waals surface area contributed by atoms with Crippen LogP contribution in [0.2, 0.25) is 0 Å². The predicted octanol–water partition coefficient (Wildman–Crippen LogP) is 3.58. The van der Waals surface area contributed by atoms with Gasteiger partial charge in [-0.25, -0.2) is 0 Å². The molecular weight excluding hydrogens is 431 g/mol. The monoisotopic (exact) mass is 464 g/mol. The van der Waals surface area contributed by atoms with Gasteiger partial charge in [-0.2, -0.15) is 0 Å². The Morgan fingerprint density at radius 3 is 2.58 bits per heavy atom. The fourth-order valence-corrected chi connectivity index (χ4v) is 4.06. The summed E-state index contributed by atoms with van der Waals surface area (Å²) in [4.78, 5) is 8.44. The Morgan fingerprint density at radius 2 is 2.00 bits per heavy atom. The van der Waals surface area contributed by atoms with Gasteiger partial charge in [-0.1, -0.05) is 19.9 Å². The van der Waals surface area contributed by atoms with Crippen molar-refractivity contribution in [1.82, 2.24) is 15.5 Å². The molecule has 2 unspecified atom stereocenters. The second-order valence-corrected chi connectivity index (χ2v) is 7.56. The number of hydrogen-bond donors (Lipinski definition) is 2. The average Bonchev–Trinajstić information content (AvgIpc) is 3.24. The minimum Gasteiger partial charge on any atom is -0.356 e. The van der Waals surface area contributed by atoms with Crippen molar-refractivity contribution < 1.29 is 0 Å². The van der Waals surface area contributed by atoms with Crippen LogP contribution >= 0.6 is 35.3 Å². The topological polar surface area (TPSA) is 39.7 Å². The van der Waals surface area contributed by atoms with Crippen molar-refractivity contribution in [2.45, 2.75) is 45.6 Å². The van der Waals surface area contributed by atoms with Gasteiger partial charge in [0.15, 0.2) is 5.96 Å². The van der Waals surface area contributed by atoms with E-state index in [0.29, 0.717) is 12.0 Å². The molecule has 0 spiro atoms. The van der Waals surface area contributed by atoms with E-state index in [1.54, 1.807) is 0 Å². The maximum absolute atomic E-state index is 4.37. The summed E-state index contributed by atoms with van der Waals surface area (Å²) in [7, 11) is 1.86. The molecule has 2 atom stereocenters. The number of hydrogen-bond acceptors (Lipinski definition) is 3. The number of nitrogens with zero attached hydrogens (tertiary/aromatic N) is 2. The first-order chi connectivity index (χ1) is 11.2. The first-order valence-electron chi connectivity index (χ1n) is 8.93. The van der Waals surface area contributed by atoms with Crippen LogP contribution in [0.15, 0.2) is 22.5 Å². The lowest BCUT2D eigenvalue weighted by atomic mass is 10.1. The fraction of sp³-hybridized carbons (Fsp3) is 0.722. The van der Waals surface area contributed by atoms with Gasteiger partial charge in [0, 0.05) is 31.1 Å². The lowest BCUT2D eigenvalue weighted by molar-refractivity contribution is 0.236. The maximum atomic E-state index is 4.37. The van der Waals surface area contributed by atoms with Crippen LogP contribution in [0.4, 0.5) is 0 Å². The smallest absolute Gasteiger partial charge is 0.191 e. The van der Waals surface area contributed by atoms with Crippen LogP contribution in [0, 0.1) is 5.92 Å². The van der Waals surface area contributed by atoms with Crippen LogP contribution in [-0.4, -0.2) is 50.1 Å². The number of rotatable bonds is 8. The predicted molar refractivity (Wildman–Crippen MR) is 117 cm³/mol. The summed E-state index contributed by atoms with van der Waals surface area (Å²) >= 11 is 1.84. The molecule has 4 nitrogen and oxygen atoms in total. The molecule has 1 fully saturated rings. The number of likely N-dealkylation sites (tertiary alicyclic amines) is 1. The molecule has 2 N–H and O–H groups in total. The van der Waals surface area contributed by atoms with Gasteiger partial charge in [-0.05, 0) is 56.1 Å². The molecule has 0 saturated carbocycles. The van der Waals surface area contributed by atoms with Crippen molar-refractivity contribution >= 4 is 41.3 Å². The molecule has 0 aromatic carbocycles. The zero-order chi connectivity index (χ0) is 16.5. The van der Waals surface area contributed by atoms with Gasteiger partial charge in [-0.3, -0.25) is 9.89 Å². The van der Waals surface area contributed by atoms with Gasteiger partial charge in [0.2, 0.25) is 0 Å². The van der Waals surface area contributed by atoms with Gasteiger partial charge >= 0.3 is 0 Å². The largest absolute Gasteiger partial charge is 0.356 e. The van der Waals surface area contributed by atoms with Crippen LogP contribution in [0.25, 0.3) is 0 Å². The van der Waals surface area contributed by atoms with Crippen molar-refractivity contribution in [2.24, 2.45) is 10.9 Å². The molecule has 24 heavy (non-hydrogen) atoms. The van der Waals surface area contributed by atoms with Gasteiger partial charge in [0.1, 0.15) is 0 Å². The van der Waals surface area contributed by atoms with Crippen molar-refractivity contribution in [2.75, 3.05) is 33.2 Å². The van der Waals surface area contributed by atoms with Gasteiger partial charge < -0.3 is 10.6 Å². The van der Waals surface area contributed by atoms with Crippen LogP contribution in [0.5, 0.6) is 0 Å². The van der Waals surface area contributed by atoms with Gasteiger partial charge in [0.25, 0.3) is 0 Å². The third kappa shape index (κ3) is 7.27. The SMILES string of the molecule is CCC(CNC(=NC)NCC(C)Cc1cccs1)N1CCCC1.I. The highest BCUT2D eigenvalue weighted by Crippen LogP contribution is 2.14. The minimum atomic E-state index is 0. The minimum absolute atomic E-state index is 0. The highest BCUT2D eigenvalue weighted by Gasteiger charge is 2.20. The first kappa shape index (κ1) is 21.7. The first-order valence-corrected chi connectivity index (χ1v) is 9.81. The Hall–Kier alpha value is -0.340. The van der Waals surface area contributed by atoms with Gasteiger partial charge in [0.05, 0.1) is 0 Å². The molecule has 1 saturated heterocycles. The van der Waals surface area contributed by atoms with Crippen LogP contribution in [-0.2, 0) is 6.42 Å². The zero-order valence-electron chi connectivity index (χ0n) is 15.3. The Labute approximate surface area is 168 Å². The molecule has 1 aromatic rings. The molecule has 6 heteroatoms. The van der Waals surface area contributed by atoms with Crippen molar-refractivity contribution in [3.8, 4) is 0 Å².